The summed E-state index contributed by atoms with van der Waals surface area (Å²) in [6.45, 7) is 0. The number of methoxy groups -OCH3 is 3. The lowest BCUT2D eigenvalue weighted by Crippen LogP contribution is -2.17. The smallest absolute Gasteiger partial charge is 0.258 e. The second kappa shape index (κ2) is 6.09. The first kappa shape index (κ1) is 17.0. The van der Waals surface area contributed by atoms with Crippen molar-refractivity contribution in [3.05, 3.63) is 46.8 Å². The summed E-state index contributed by atoms with van der Waals surface area (Å²) >= 11 is 0. The number of aromatic hydroxyl groups is 1. The Hall–Kier alpha value is -3.41. The fraction of sp³-hybridized carbons (Fsp3) is 0.190. The highest BCUT2D eigenvalue weighted by Gasteiger charge is 2.16. The maximum Gasteiger partial charge on any atom is 0.258 e. The molecular formula is C21H19NO5. The predicted molar refractivity (Wildman–Crippen MR) is 106 cm³/mol. The minimum absolute atomic E-state index is 0.0570. The first-order valence-corrected chi connectivity index (χ1v) is 8.38. The Morgan fingerprint density at radius 3 is 2.00 bits per heavy atom. The van der Waals surface area contributed by atoms with Crippen LogP contribution in [0.4, 0.5) is 0 Å². The van der Waals surface area contributed by atoms with Crippen LogP contribution in [0, 0.1) is 0 Å². The summed E-state index contributed by atoms with van der Waals surface area (Å²) in [5, 5.41) is 13.9. The zero-order valence-electron chi connectivity index (χ0n) is 15.5. The number of aromatic nitrogens is 1. The average Bonchev–Trinajstić information content (AvgIpc) is 2.69. The van der Waals surface area contributed by atoms with Gasteiger partial charge >= 0.3 is 0 Å². The highest BCUT2D eigenvalue weighted by Crippen LogP contribution is 2.38. The molecule has 1 aromatic heterocycles. The molecule has 27 heavy (non-hydrogen) atoms. The molecular weight excluding hydrogens is 346 g/mol. The van der Waals surface area contributed by atoms with Crippen LogP contribution in [-0.4, -0.2) is 31.0 Å². The van der Waals surface area contributed by atoms with Crippen molar-refractivity contribution in [2.45, 2.75) is 0 Å². The fourth-order valence-electron chi connectivity index (χ4n) is 3.63. The molecule has 0 aliphatic heterocycles. The lowest BCUT2D eigenvalue weighted by Gasteiger charge is -2.15. The van der Waals surface area contributed by atoms with Gasteiger partial charge in [0.2, 0.25) is 0 Å². The van der Waals surface area contributed by atoms with E-state index in [2.05, 4.69) is 0 Å². The van der Waals surface area contributed by atoms with Crippen LogP contribution in [0.15, 0.2) is 41.2 Å². The summed E-state index contributed by atoms with van der Waals surface area (Å²) < 4.78 is 17.6. The van der Waals surface area contributed by atoms with Gasteiger partial charge < -0.3 is 23.9 Å². The Morgan fingerprint density at radius 2 is 1.37 bits per heavy atom. The zero-order valence-corrected chi connectivity index (χ0v) is 15.5. The summed E-state index contributed by atoms with van der Waals surface area (Å²) in [6.07, 6.45) is 0. The van der Waals surface area contributed by atoms with Crippen molar-refractivity contribution in [2.24, 2.45) is 7.05 Å². The quantitative estimate of drug-likeness (QED) is 0.562. The number of hydrogen-bond donors (Lipinski definition) is 1. The monoisotopic (exact) mass is 365 g/mol. The number of ether oxygens (including phenoxy) is 3. The first-order chi connectivity index (χ1) is 13.0. The van der Waals surface area contributed by atoms with Gasteiger partial charge in [0, 0.05) is 23.2 Å². The molecule has 6 nitrogen and oxygen atoms in total. The van der Waals surface area contributed by atoms with Crippen LogP contribution in [0.3, 0.4) is 0 Å². The Kier molecular flexibility index (Phi) is 3.84. The Morgan fingerprint density at radius 1 is 0.778 bits per heavy atom. The third kappa shape index (κ3) is 2.37. The third-order valence-electron chi connectivity index (χ3n) is 4.98. The average molecular weight is 365 g/mol. The molecule has 0 saturated heterocycles. The summed E-state index contributed by atoms with van der Waals surface area (Å²) in [6, 6.07) is 10.8. The van der Waals surface area contributed by atoms with Crippen LogP contribution in [0.1, 0.15) is 0 Å². The molecule has 0 aliphatic carbocycles. The molecule has 3 aromatic carbocycles. The first-order valence-electron chi connectivity index (χ1n) is 8.38. The van der Waals surface area contributed by atoms with E-state index >= 15 is 0 Å². The van der Waals surface area contributed by atoms with Crippen molar-refractivity contribution in [3.8, 4) is 23.0 Å². The summed E-state index contributed by atoms with van der Waals surface area (Å²) in [5.41, 5.74) is 0.619. The van der Waals surface area contributed by atoms with E-state index in [1.54, 1.807) is 44.0 Å². The van der Waals surface area contributed by atoms with E-state index < -0.39 is 0 Å². The number of nitrogens with zero attached hydrogens (tertiary/aromatic N) is 1. The lowest BCUT2D eigenvalue weighted by atomic mass is 10.00. The van der Waals surface area contributed by atoms with E-state index in [0.717, 1.165) is 27.1 Å². The number of pyridine rings is 1. The Balaban J connectivity index is 2.26. The molecule has 6 heteroatoms. The van der Waals surface area contributed by atoms with Gasteiger partial charge in [0.1, 0.15) is 0 Å². The van der Waals surface area contributed by atoms with E-state index in [1.807, 2.05) is 18.2 Å². The maximum absolute atomic E-state index is 13.1. The van der Waals surface area contributed by atoms with Crippen molar-refractivity contribution in [2.75, 3.05) is 21.3 Å². The standard InChI is InChI=1S/C21H19NO5/c1-22-20-12(6-5-11-7-16(23)17(25-2)8-13(11)20)14-9-18(26-3)19(27-4)10-15(14)21(22)24/h5-10,23H,1-4H3. The number of phenolic OH excluding ortho intramolecular Hbond substituents is 1. The van der Waals surface area contributed by atoms with E-state index in [0.29, 0.717) is 22.6 Å². The molecule has 0 atom stereocenters. The van der Waals surface area contributed by atoms with Gasteiger partial charge in [0.05, 0.1) is 32.2 Å². The van der Waals surface area contributed by atoms with Gasteiger partial charge in [-0.1, -0.05) is 12.1 Å². The SMILES string of the molecule is COc1cc2c(ccc3c4cc(OC)c(OC)cc4c(=O)n(C)c23)cc1O. The molecule has 4 aromatic rings. The number of fused-ring (bicyclic) bond motifs is 5. The van der Waals surface area contributed by atoms with Gasteiger partial charge in [0.25, 0.3) is 5.56 Å². The van der Waals surface area contributed by atoms with Gasteiger partial charge in [-0.3, -0.25) is 4.79 Å². The second-order valence-corrected chi connectivity index (χ2v) is 6.32. The molecule has 0 bridgehead atoms. The van der Waals surface area contributed by atoms with Gasteiger partial charge in [-0.15, -0.1) is 0 Å². The molecule has 0 aliphatic rings. The largest absolute Gasteiger partial charge is 0.504 e. The second-order valence-electron chi connectivity index (χ2n) is 6.32. The van der Waals surface area contributed by atoms with Crippen molar-refractivity contribution < 1.29 is 19.3 Å². The molecule has 1 heterocycles. The number of rotatable bonds is 3. The van der Waals surface area contributed by atoms with E-state index in [-0.39, 0.29) is 11.3 Å². The van der Waals surface area contributed by atoms with Crippen LogP contribution < -0.4 is 19.8 Å². The number of hydrogen-bond acceptors (Lipinski definition) is 5. The van der Waals surface area contributed by atoms with Crippen molar-refractivity contribution in [1.29, 1.82) is 0 Å². The molecule has 4 rings (SSSR count). The maximum atomic E-state index is 13.1. The summed E-state index contributed by atoms with van der Waals surface area (Å²) in [5.74, 6) is 1.48. The van der Waals surface area contributed by atoms with Gasteiger partial charge in [-0.05, 0) is 29.7 Å². The lowest BCUT2D eigenvalue weighted by molar-refractivity contribution is 0.356. The molecule has 0 amide bonds. The van der Waals surface area contributed by atoms with Gasteiger partial charge in [0.15, 0.2) is 23.0 Å². The molecule has 1 N–H and O–H groups in total. The fourth-order valence-corrected chi connectivity index (χ4v) is 3.63. The van der Waals surface area contributed by atoms with E-state index in [1.165, 1.54) is 7.11 Å². The topological polar surface area (TPSA) is 69.9 Å². The highest BCUT2D eigenvalue weighted by atomic mass is 16.5. The predicted octanol–water partition coefficient (Wildman–Crippen LogP) is 3.58. The molecule has 138 valence electrons. The Bertz CT molecular complexity index is 1270. The molecule has 0 spiro atoms. The van der Waals surface area contributed by atoms with Gasteiger partial charge in [-0.2, -0.15) is 0 Å². The highest BCUT2D eigenvalue weighted by molar-refractivity contribution is 6.16. The van der Waals surface area contributed by atoms with Crippen LogP contribution in [0.2, 0.25) is 0 Å². The van der Waals surface area contributed by atoms with Crippen LogP contribution in [0.25, 0.3) is 32.4 Å². The number of phenols is 1. The molecule has 0 unspecified atom stereocenters. The number of aryl methyl sites for hydroxylation is 1. The molecule has 0 saturated carbocycles. The third-order valence-corrected chi connectivity index (χ3v) is 4.98. The van der Waals surface area contributed by atoms with Crippen molar-refractivity contribution >= 4 is 32.4 Å². The van der Waals surface area contributed by atoms with Crippen LogP contribution in [-0.2, 0) is 7.05 Å². The van der Waals surface area contributed by atoms with Crippen molar-refractivity contribution in [1.82, 2.24) is 4.57 Å². The normalized spacial score (nSPS) is 11.3. The summed E-state index contributed by atoms with van der Waals surface area (Å²) in [7, 11) is 6.34. The minimum atomic E-state index is -0.141. The van der Waals surface area contributed by atoms with Gasteiger partial charge in [-0.25, -0.2) is 0 Å². The molecule has 0 radical (unpaired) electrons. The zero-order chi connectivity index (χ0) is 19.3. The van der Waals surface area contributed by atoms with Crippen LogP contribution in [0.5, 0.6) is 23.0 Å². The van der Waals surface area contributed by atoms with Crippen molar-refractivity contribution in [3.63, 3.8) is 0 Å². The van der Waals surface area contributed by atoms with Crippen LogP contribution >= 0.6 is 0 Å². The minimum Gasteiger partial charge on any atom is -0.504 e. The Labute approximate surface area is 155 Å². The summed E-state index contributed by atoms with van der Waals surface area (Å²) in [4.78, 5) is 13.1. The van der Waals surface area contributed by atoms with E-state index in [9.17, 15) is 9.90 Å². The number of benzene rings is 3. The van der Waals surface area contributed by atoms with E-state index in [4.69, 9.17) is 14.2 Å². The molecule has 0 fully saturated rings.